The van der Waals surface area contributed by atoms with Crippen LogP contribution in [0, 0.1) is 6.92 Å². The molecule has 1 atom stereocenters. The maximum atomic E-state index is 12.8. The molecule has 1 aromatic carbocycles. The Labute approximate surface area is 163 Å². The van der Waals surface area contributed by atoms with E-state index in [1.807, 2.05) is 36.1 Å². The molecule has 0 N–H and O–H groups in total. The van der Waals surface area contributed by atoms with E-state index in [4.69, 9.17) is 4.74 Å². The van der Waals surface area contributed by atoms with Crippen molar-refractivity contribution in [2.24, 2.45) is 0 Å². The van der Waals surface area contributed by atoms with Crippen LogP contribution >= 0.6 is 0 Å². The first kappa shape index (κ1) is 18.0. The zero-order chi connectivity index (χ0) is 19.3. The zero-order valence-corrected chi connectivity index (χ0v) is 15.7. The molecule has 0 radical (unpaired) electrons. The van der Waals surface area contributed by atoms with Gasteiger partial charge < -0.3 is 9.64 Å². The topological polar surface area (TPSA) is 81.1 Å². The van der Waals surface area contributed by atoms with Crippen LogP contribution in [0.1, 0.15) is 40.5 Å². The summed E-state index contributed by atoms with van der Waals surface area (Å²) in [6.45, 7) is 3.24. The number of hydrogen-bond acceptors (Lipinski definition) is 6. The Morgan fingerprint density at radius 3 is 2.75 bits per heavy atom. The number of aryl methyl sites for hydroxylation is 1. The minimum absolute atomic E-state index is 0.0575. The fourth-order valence-corrected chi connectivity index (χ4v) is 3.43. The predicted molar refractivity (Wildman–Crippen MR) is 103 cm³/mol. The van der Waals surface area contributed by atoms with Crippen molar-refractivity contribution in [3.8, 4) is 11.6 Å². The van der Waals surface area contributed by atoms with Crippen LogP contribution in [0.5, 0.6) is 11.6 Å². The fourth-order valence-electron chi connectivity index (χ4n) is 3.43. The summed E-state index contributed by atoms with van der Waals surface area (Å²) in [6, 6.07) is 7.81. The quantitative estimate of drug-likeness (QED) is 0.695. The molecule has 4 rings (SSSR count). The Kier molecular flexibility index (Phi) is 5.23. The number of nitrogens with zero attached hydrogens (tertiary/aromatic N) is 5. The van der Waals surface area contributed by atoms with Crippen LogP contribution in [0.15, 0.2) is 55.2 Å². The summed E-state index contributed by atoms with van der Waals surface area (Å²) in [7, 11) is 0. The number of benzene rings is 1. The second kappa shape index (κ2) is 8.12. The smallest absolute Gasteiger partial charge is 0.274 e. The van der Waals surface area contributed by atoms with Crippen molar-refractivity contribution in [2.45, 2.75) is 25.7 Å². The first-order valence-corrected chi connectivity index (χ1v) is 9.32. The fraction of sp³-hybridized carbons (Fsp3) is 0.286. The second-order valence-electron chi connectivity index (χ2n) is 6.80. The zero-order valence-electron chi connectivity index (χ0n) is 15.7. The number of para-hydroxylation sites is 1. The molecule has 3 heterocycles. The highest BCUT2D eigenvalue weighted by Crippen LogP contribution is 2.33. The van der Waals surface area contributed by atoms with Gasteiger partial charge in [-0.3, -0.25) is 14.8 Å². The van der Waals surface area contributed by atoms with Crippen molar-refractivity contribution in [1.82, 2.24) is 24.8 Å². The van der Waals surface area contributed by atoms with E-state index >= 15 is 0 Å². The largest absolute Gasteiger partial charge is 0.437 e. The van der Waals surface area contributed by atoms with Crippen molar-refractivity contribution >= 4 is 5.91 Å². The Morgan fingerprint density at radius 1 is 1.11 bits per heavy atom. The monoisotopic (exact) mass is 375 g/mol. The molecule has 1 amide bonds. The molecule has 7 nitrogen and oxygen atoms in total. The molecule has 1 unspecified atom stereocenters. The molecule has 2 aromatic heterocycles. The van der Waals surface area contributed by atoms with Gasteiger partial charge >= 0.3 is 0 Å². The SMILES string of the molecule is Cc1ccccc1Oc1nccnc1C1CCCN(C(=O)c2cnccn2)C1. The van der Waals surface area contributed by atoms with E-state index in [1.165, 1.54) is 12.4 Å². The molecule has 0 bridgehead atoms. The number of likely N-dealkylation sites (tertiary alicyclic amines) is 1. The van der Waals surface area contributed by atoms with Crippen molar-refractivity contribution in [3.05, 3.63) is 72.2 Å². The molecule has 28 heavy (non-hydrogen) atoms. The van der Waals surface area contributed by atoms with Gasteiger partial charge in [0, 0.05) is 43.8 Å². The Hall–Kier alpha value is -3.35. The molecule has 3 aromatic rings. The molecule has 1 fully saturated rings. The second-order valence-corrected chi connectivity index (χ2v) is 6.80. The maximum Gasteiger partial charge on any atom is 0.274 e. The number of carbonyl (C=O) groups excluding carboxylic acids is 1. The lowest BCUT2D eigenvalue weighted by Crippen LogP contribution is -2.39. The van der Waals surface area contributed by atoms with E-state index in [-0.39, 0.29) is 11.8 Å². The molecular weight excluding hydrogens is 354 g/mol. The van der Waals surface area contributed by atoms with E-state index in [1.54, 1.807) is 18.6 Å². The van der Waals surface area contributed by atoms with Gasteiger partial charge in [-0.2, -0.15) is 0 Å². The molecule has 1 saturated heterocycles. The van der Waals surface area contributed by atoms with Gasteiger partial charge in [-0.1, -0.05) is 18.2 Å². The standard InChI is InChI=1S/C21H21N5O2/c1-15-5-2-3-7-18(15)28-20-19(24-10-11-25-20)16-6-4-12-26(14-16)21(27)17-13-22-8-9-23-17/h2-3,5,7-11,13,16H,4,6,12,14H2,1H3. The summed E-state index contributed by atoms with van der Waals surface area (Å²) in [5, 5.41) is 0. The van der Waals surface area contributed by atoms with Gasteiger partial charge in [-0.25, -0.2) is 9.97 Å². The lowest BCUT2D eigenvalue weighted by atomic mass is 9.94. The van der Waals surface area contributed by atoms with E-state index in [9.17, 15) is 4.79 Å². The number of amides is 1. The first-order chi connectivity index (χ1) is 13.7. The van der Waals surface area contributed by atoms with Crippen molar-refractivity contribution < 1.29 is 9.53 Å². The van der Waals surface area contributed by atoms with Gasteiger partial charge in [0.1, 0.15) is 17.1 Å². The average Bonchev–Trinajstić information content (AvgIpc) is 2.76. The van der Waals surface area contributed by atoms with Gasteiger partial charge in [-0.15, -0.1) is 0 Å². The third kappa shape index (κ3) is 3.83. The van der Waals surface area contributed by atoms with Crippen LogP contribution in [0.3, 0.4) is 0 Å². The maximum absolute atomic E-state index is 12.8. The highest BCUT2D eigenvalue weighted by Gasteiger charge is 2.29. The number of rotatable bonds is 4. The molecule has 142 valence electrons. The molecular formula is C21H21N5O2. The molecule has 7 heteroatoms. The minimum atomic E-state index is -0.108. The van der Waals surface area contributed by atoms with Crippen LogP contribution in [-0.4, -0.2) is 43.8 Å². The summed E-state index contributed by atoms with van der Waals surface area (Å²) >= 11 is 0. The summed E-state index contributed by atoms with van der Waals surface area (Å²) in [5.41, 5.74) is 2.17. The van der Waals surface area contributed by atoms with Gasteiger partial charge in [0.15, 0.2) is 0 Å². The predicted octanol–water partition coefficient (Wildman–Crippen LogP) is 3.39. The lowest BCUT2D eigenvalue weighted by molar-refractivity contribution is 0.0698. The van der Waals surface area contributed by atoms with E-state index in [0.717, 1.165) is 29.8 Å². The van der Waals surface area contributed by atoms with Crippen molar-refractivity contribution in [1.29, 1.82) is 0 Å². The van der Waals surface area contributed by atoms with Crippen LogP contribution in [0.2, 0.25) is 0 Å². The van der Waals surface area contributed by atoms with E-state index < -0.39 is 0 Å². The summed E-state index contributed by atoms with van der Waals surface area (Å²) in [4.78, 5) is 31.6. The first-order valence-electron chi connectivity index (χ1n) is 9.32. The highest BCUT2D eigenvalue weighted by molar-refractivity contribution is 5.92. The Morgan fingerprint density at radius 2 is 1.93 bits per heavy atom. The van der Waals surface area contributed by atoms with Crippen LogP contribution in [0.25, 0.3) is 0 Å². The molecule has 1 aliphatic rings. The summed E-state index contributed by atoms with van der Waals surface area (Å²) < 4.78 is 6.07. The molecule has 0 aliphatic carbocycles. The molecule has 0 spiro atoms. The van der Waals surface area contributed by atoms with Crippen LogP contribution in [0.4, 0.5) is 0 Å². The number of hydrogen-bond donors (Lipinski definition) is 0. The van der Waals surface area contributed by atoms with Gasteiger partial charge in [-0.05, 0) is 31.4 Å². The minimum Gasteiger partial charge on any atom is -0.437 e. The van der Waals surface area contributed by atoms with Gasteiger partial charge in [0.05, 0.1) is 6.20 Å². The van der Waals surface area contributed by atoms with Gasteiger partial charge in [0.2, 0.25) is 5.88 Å². The lowest BCUT2D eigenvalue weighted by Gasteiger charge is -2.32. The normalized spacial score (nSPS) is 16.6. The summed E-state index contributed by atoms with van der Waals surface area (Å²) in [6.07, 6.45) is 9.70. The van der Waals surface area contributed by atoms with Crippen LogP contribution in [-0.2, 0) is 0 Å². The van der Waals surface area contributed by atoms with Gasteiger partial charge in [0.25, 0.3) is 5.91 Å². The van der Waals surface area contributed by atoms with Crippen molar-refractivity contribution in [2.75, 3.05) is 13.1 Å². The molecule has 1 aliphatic heterocycles. The average molecular weight is 375 g/mol. The number of carbonyl (C=O) groups is 1. The van der Waals surface area contributed by atoms with E-state index in [2.05, 4.69) is 19.9 Å². The van der Waals surface area contributed by atoms with Crippen LogP contribution < -0.4 is 4.74 Å². The summed E-state index contributed by atoms with van der Waals surface area (Å²) in [5.74, 6) is 1.20. The van der Waals surface area contributed by atoms with E-state index in [0.29, 0.717) is 24.7 Å². The number of piperidine rings is 1. The Balaban J connectivity index is 1.56. The third-order valence-corrected chi connectivity index (χ3v) is 4.87. The number of aromatic nitrogens is 4. The number of ether oxygens (including phenoxy) is 1. The third-order valence-electron chi connectivity index (χ3n) is 4.87. The molecule has 0 saturated carbocycles. The highest BCUT2D eigenvalue weighted by atomic mass is 16.5. The van der Waals surface area contributed by atoms with Crippen molar-refractivity contribution in [3.63, 3.8) is 0 Å². The Bertz CT molecular complexity index is 964.